The maximum atomic E-state index is 12.1. The van der Waals surface area contributed by atoms with Gasteiger partial charge in [0.05, 0.1) is 19.6 Å². The van der Waals surface area contributed by atoms with E-state index in [1.807, 2.05) is 30.3 Å². The first-order valence-corrected chi connectivity index (χ1v) is 7.76. The number of hydrogen-bond donors (Lipinski definition) is 2. The van der Waals surface area contributed by atoms with Gasteiger partial charge in [0, 0.05) is 17.8 Å². The van der Waals surface area contributed by atoms with E-state index in [0.29, 0.717) is 18.0 Å². The standard InChI is InChI=1S/C19H19N3O3/c1-25-17-8-3-2-6-15(17)12-19(24)21-13-14-5-4-7-16(11-14)22-18(23)9-10-20/h2-8,11H,9,12-13H2,1H3,(H,21,24)(H,22,23). The molecule has 0 aliphatic heterocycles. The molecule has 0 aliphatic rings. The third-order valence-corrected chi connectivity index (χ3v) is 3.48. The van der Waals surface area contributed by atoms with Gasteiger partial charge in [0.1, 0.15) is 12.2 Å². The number of rotatable bonds is 7. The zero-order chi connectivity index (χ0) is 18.1. The molecule has 0 saturated carbocycles. The molecule has 0 fully saturated rings. The fraction of sp³-hybridized carbons (Fsp3) is 0.211. The van der Waals surface area contributed by atoms with Crippen LogP contribution in [0.2, 0.25) is 0 Å². The SMILES string of the molecule is COc1ccccc1CC(=O)NCc1cccc(NC(=O)CC#N)c1. The van der Waals surface area contributed by atoms with Gasteiger partial charge in [-0.2, -0.15) is 5.26 Å². The highest BCUT2D eigenvalue weighted by Gasteiger charge is 2.08. The minimum Gasteiger partial charge on any atom is -0.496 e. The van der Waals surface area contributed by atoms with E-state index in [2.05, 4.69) is 10.6 Å². The number of amides is 2. The Bertz CT molecular complexity index is 796. The van der Waals surface area contributed by atoms with Crippen LogP contribution >= 0.6 is 0 Å². The molecular weight excluding hydrogens is 318 g/mol. The van der Waals surface area contributed by atoms with Gasteiger partial charge in [-0.05, 0) is 23.8 Å². The molecule has 25 heavy (non-hydrogen) atoms. The van der Waals surface area contributed by atoms with Crippen molar-refractivity contribution in [3.8, 4) is 11.8 Å². The average Bonchev–Trinajstić information content (AvgIpc) is 2.61. The maximum absolute atomic E-state index is 12.1. The zero-order valence-electron chi connectivity index (χ0n) is 13.9. The number of nitrogens with one attached hydrogen (secondary N) is 2. The van der Waals surface area contributed by atoms with Crippen molar-refractivity contribution in [1.82, 2.24) is 5.32 Å². The Labute approximate surface area is 146 Å². The molecule has 0 saturated heterocycles. The highest BCUT2D eigenvalue weighted by molar-refractivity contribution is 5.92. The van der Waals surface area contributed by atoms with Gasteiger partial charge in [0.2, 0.25) is 11.8 Å². The summed E-state index contributed by atoms with van der Waals surface area (Å²) in [5, 5.41) is 14.0. The minimum atomic E-state index is -0.361. The van der Waals surface area contributed by atoms with Crippen LogP contribution in [-0.2, 0) is 22.6 Å². The summed E-state index contributed by atoms with van der Waals surface area (Å²) in [5.74, 6) is 0.197. The number of nitrogens with zero attached hydrogens (tertiary/aromatic N) is 1. The number of nitriles is 1. The lowest BCUT2D eigenvalue weighted by Crippen LogP contribution is -2.24. The monoisotopic (exact) mass is 337 g/mol. The van der Waals surface area contributed by atoms with Crippen LogP contribution in [0.5, 0.6) is 5.75 Å². The van der Waals surface area contributed by atoms with E-state index >= 15 is 0 Å². The minimum absolute atomic E-state index is 0.122. The Balaban J connectivity index is 1.91. The first-order valence-electron chi connectivity index (χ1n) is 7.76. The van der Waals surface area contributed by atoms with Crippen LogP contribution < -0.4 is 15.4 Å². The molecular formula is C19H19N3O3. The molecule has 0 aromatic heterocycles. The number of carbonyl (C=O) groups excluding carboxylic acids is 2. The summed E-state index contributed by atoms with van der Waals surface area (Å²) >= 11 is 0. The molecule has 2 amide bonds. The van der Waals surface area contributed by atoms with Crippen molar-refractivity contribution in [3.63, 3.8) is 0 Å². The smallest absolute Gasteiger partial charge is 0.238 e. The topological polar surface area (TPSA) is 91.2 Å². The van der Waals surface area contributed by atoms with E-state index in [1.165, 1.54) is 0 Å². The molecule has 128 valence electrons. The number of hydrogen-bond acceptors (Lipinski definition) is 4. The molecule has 6 heteroatoms. The second-order valence-electron chi connectivity index (χ2n) is 5.35. The van der Waals surface area contributed by atoms with Crippen molar-refractivity contribution in [2.75, 3.05) is 12.4 Å². The number of anilines is 1. The van der Waals surface area contributed by atoms with Gasteiger partial charge < -0.3 is 15.4 Å². The molecule has 0 unspecified atom stereocenters. The summed E-state index contributed by atoms with van der Waals surface area (Å²) < 4.78 is 5.24. The second-order valence-corrected chi connectivity index (χ2v) is 5.35. The average molecular weight is 337 g/mol. The number of methoxy groups -OCH3 is 1. The number of carbonyl (C=O) groups is 2. The lowest BCUT2D eigenvalue weighted by atomic mass is 10.1. The van der Waals surface area contributed by atoms with E-state index in [9.17, 15) is 9.59 Å². The Morgan fingerprint density at radius 2 is 1.92 bits per heavy atom. The Hall–Kier alpha value is -3.33. The third kappa shape index (κ3) is 5.66. The van der Waals surface area contributed by atoms with Gasteiger partial charge in [-0.1, -0.05) is 30.3 Å². The van der Waals surface area contributed by atoms with Crippen LogP contribution in [0.4, 0.5) is 5.69 Å². The summed E-state index contributed by atoms with van der Waals surface area (Å²) in [6.07, 6.45) is 0.0302. The lowest BCUT2D eigenvalue weighted by molar-refractivity contribution is -0.120. The molecule has 0 atom stereocenters. The molecule has 2 aromatic carbocycles. The van der Waals surface area contributed by atoms with Crippen LogP contribution in [0.15, 0.2) is 48.5 Å². The first-order chi connectivity index (χ1) is 12.1. The largest absolute Gasteiger partial charge is 0.496 e. The van der Waals surface area contributed by atoms with E-state index < -0.39 is 0 Å². The van der Waals surface area contributed by atoms with Gasteiger partial charge in [-0.15, -0.1) is 0 Å². The summed E-state index contributed by atoms with van der Waals surface area (Å²) in [7, 11) is 1.57. The zero-order valence-corrected chi connectivity index (χ0v) is 13.9. The van der Waals surface area contributed by atoms with Gasteiger partial charge in [-0.25, -0.2) is 0 Å². The summed E-state index contributed by atoms with van der Waals surface area (Å²) in [6, 6.07) is 16.3. The maximum Gasteiger partial charge on any atom is 0.238 e. The molecule has 0 heterocycles. The quantitative estimate of drug-likeness (QED) is 0.811. The predicted molar refractivity (Wildman–Crippen MR) is 93.8 cm³/mol. The number of para-hydroxylation sites is 1. The van der Waals surface area contributed by atoms with Gasteiger partial charge in [0.15, 0.2) is 0 Å². The molecule has 0 radical (unpaired) electrons. The Kier molecular flexibility index (Phi) is 6.55. The molecule has 2 N–H and O–H groups in total. The second kappa shape index (κ2) is 9.08. The molecule has 6 nitrogen and oxygen atoms in total. The van der Waals surface area contributed by atoms with Crippen LogP contribution in [0.25, 0.3) is 0 Å². The van der Waals surface area contributed by atoms with Crippen molar-refractivity contribution in [1.29, 1.82) is 5.26 Å². The van der Waals surface area contributed by atoms with E-state index in [4.69, 9.17) is 10.00 Å². The van der Waals surface area contributed by atoms with Crippen LogP contribution in [0.3, 0.4) is 0 Å². The van der Waals surface area contributed by atoms with E-state index in [1.54, 1.807) is 31.4 Å². The first kappa shape index (κ1) is 18.0. The van der Waals surface area contributed by atoms with E-state index in [0.717, 1.165) is 11.1 Å². The Morgan fingerprint density at radius 3 is 2.68 bits per heavy atom. The molecule has 0 bridgehead atoms. The predicted octanol–water partition coefficient (Wildman–Crippen LogP) is 2.41. The highest BCUT2D eigenvalue weighted by Crippen LogP contribution is 2.17. The Morgan fingerprint density at radius 1 is 1.12 bits per heavy atom. The van der Waals surface area contributed by atoms with E-state index in [-0.39, 0.29) is 24.7 Å². The fourth-order valence-electron chi connectivity index (χ4n) is 2.32. The highest BCUT2D eigenvalue weighted by atomic mass is 16.5. The van der Waals surface area contributed by atoms with Crippen LogP contribution in [-0.4, -0.2) is 18.9 Å². The molecule has 2 rings (SSSR count). The summed E-state index contributed by atoms with van der Waals surface area (Å²) in [6.45, 7) is 0.343. The van der Waals surface area contributed by atoms with Gasteiger partial charge in [-0.3, -0.25) is 9.59 Å². The van der Waals surface area contributed by atoms with Crippen LogP contribution in [0, 0.1) is 11.3 Å². The molecule has 0 aliphatic carbocycles. The van der Waals surface area contributed by atoms with Gasteiger partial charge >= 0.3 is 0 Å². The number of benzene rings is 2. The van der Waals surface area contributed by atoms with Gasteiger partial charge in [0.25, 0.3) is 0 Å². The molecule has 0 spiro atoms. The van der Waals surface area contributed by atoms with Crippen molar-refractivity contribution in [2.24, 2.45) is 0 Å². The van der Waals surface area contributed by atoms with Crippen molar-refractivity contribution in [2.45, 2.75) is 19.4 Å². The summed E-state index contributed by atoms with van der Waals surface area (Å²) in [5.41, 5.74) is 2.26. The summed E-state index contributed by atoms with van der Waals surface area (Å²) in [4.78, 5) is 23.6. The normalized spacial score (nSPS) is 9.76. The van der Waals surface area contributed by atoms with Crippen LogP contribution in [0.1, 0.15) is 17.5 Å². The fourth-order valence-corrected chi connectivity index (χ4v) is 2.32. The number of ether oxygens (including phenoxy) is 1. The van der Waals surface area contributed by atoms with Crippen molar-refractivity contribution < 1.29 is 14.3 Å². The van der Waals surface area contributed by atoms with Crippen molar-refractivity contribution >= 4 is 17.5 Å². The third-order valence-electron chi connectivity index (χ3n) is 3.48. The lowest BCUT2D eigenvalue weighted by Gasteiger charge is -2.10. The molecule has 2 aromatic rings. The van der Waals surface area contributed by atoms with Crippen molar-refractivity contribution in [3.05, 3.63) is 59.7 Å².